The van der Waals surface area contributed by atoms with E-state index >= 15 is 0 Å². The number of rotatable bonds is 7. The number of carbonyl (C=O) groups excluding carboxylic acids is 2. The summed E-state index contributed by atoms with van der Waals surface area (Å²) in [5.74, 6) is -0.938. The molecule has 7 nitrogen and oxygen atoms in total. The quantitative estimate of drug-likeness (QED) is 0.673. The highest BCUT2D eigenvalue weighted by molar-refractivity contribution is 6.05. The monoisotopic (exact) mass is 390 g/mol. The molecule has 3 rings (SSSR count). The first-order valence-corrected chi connectivity index (χ1v) is 9.75. The predicted molar refractivity (Wildman–Crippen MR) is 106 cm³/mol. The van der Waals surface area contributed by atoms with E-state index in [1.165, 1.54) is 4.90 Å². The third-order valence-corrected chi connectivity index (χ3v) is 5.04. The summed E-state index contributed by atoms with van der Waals surface area (Å²) in [6.45, 7) is 0.00537. The Kier molecular flexibility index (Phi) is 6.76. The lowest BCUT2D eigenvalue weighted by molar-refractivity contribution is -0.134. The Morgan fingerprint density at radius 2 is 1.76 bits per heavy atom. The summed E-state index contributed by atoms with van der Waals surface area (Å²) >= 11 is 0. The molecular formula is C22H22N4O3. The van der Waals surface area contributed by atoms with Crippen LogP contribution in [0.4, 0.5) is 0 Å². The van der Waals surface area contributed by atoms with E-state index in [-0.39, 0.29) is 25.9 Å². The predicted octanol–water partition coefficient (Wildman–Crippen LogP) is 2.93. The number of aryl methyl sites for hydroxylation is 1. The van der Waals surface area contributed by atoms with Gasteiger partial charge < -0.3 is 9.64 Å². The van der Waals surface area contributed by atoms with E-state index in [9.17, 15) is 9.59 Å². The van der Waals surface area contributed by atoms with Crippen LogP contribution in [0.15, 0.2) is 24.3 Å². The maximum absolute atomic E-state index is 13.0. The molecule has 0 atom stereocenters. The molecule has 0 bridgehead atoms. The lowest BCUT2D eigenvalue weighted by Crippen LogP contribution is -2.36. The van der Waals surface area contributed by atoms with E-state index in [0.29, 0.717) is 5.56 Å². The second-order valence-electron chi connectivity index (χ2n) is 6.91. The van der Waals surface area contributed by atoms with Crippen LogP contribution in [0.1, 0.15) is 47.3 Å². The zero-order valence-electron chi connectivity index (χ0n) is 16.2. The van der Waals surface area contributed by atoms with Crippen LogP contribution in [0.3, 0.4) is 0 Å². The molecule has 29 heavy (non-hydrogen) atoms. The van der Waals surface area contributed by atoms with Crippen molar-refractivity contribution in [1.29, 1.82) is 10.5 Å². The van der Waals surface area contributed by atoms with Crippen molar-refractivity contribution in [3.63, 3.8) is 0 Å². The van der Waals surface area contributed by atoms with Crippen LogP contribution in [0.25, 0.3) is 10.9 Å². The van der Waals surface area contributed by atoms with E-state index in [1.807, 2.05) is 36.4 Å². The molecule has 0 unspecified atom stereocenters. The zero-order chi connectivity index (χ0) is 20.6. The van der Waals surface area contributed by atoms with Gasteiger partial charge in [-0.3, -0.25) is 9.78 Å². The molecule has 1 aromatic heterocycles. The highest BCUT2D eigenvalue weighted by Crippen LogP contribution is 2.29. The van der Waals surface area contributed by atoms with Gasteiger partial charge in [0.05, 0.1) is 36.1 Å². The van der Waals surface area contributed by atoms with Crippen LogP contribution >= 0.6 is 0 Å². The Morgan fingerprint density at radius 3 is 2.48 bits per heavy atom. The Bertz CT molecular complexity index is 986. The number of carbonyl (C=O) groups is 2. The molecule has 7 heteroatoms. The first-order chi connectivity index (χ1) is 14.2. The Labute approximate surface area is 169 Å². The molecule has 0 spiro atoms. The summed E-state index contributed by atoms with van der Waals surface area (Å²) in [4.78, 5) is 31.5. The van der Waals surface area contributed by atoms with Crippen LogP contribution in [0, 0.1) is 22.7 Å². The normalized spacial score (nSPS) is 12.5. The third-order valence-electron chi connectivity index (χ3n) is 5.04. The van der Waals surface area contributed by atoms with Crippen LogP contribution in [-0.2, 0) is 22.4 Å². The highest BCUT2D eigenvalue weighted by atomic mass is 16.5. The lowest BCUT2D eigenvalue weighted by Gasteiger charge is -2.22. The summed E-state index contributed by atoms with van der Waals surface area (Å²) in [5.41, 5.74) is 3.09. The van der Waals surface area contributed by atoms with E-state index < -0.39 is 18.5 Å². The molecule has 0 aliphatic heterocycles. The van der Waals surface area contributed by atoms with Gasteiger partial charge in [0.25, 0.3) is 5.91 Å². The maximum atomic E-state index is 13.0. The molecule has 1 aromatic carbocycles. The highest BCUT2D eigenvalue weighted by Gasteiger charge is 2.24. The number of aromatic nitrogens is 1. The van der Waals surface area contributed by atoms with Crippen LogP contribution in [-0.4, -0.2) is 41.5 Å². The van der Waals surface area contributed by atoms with Crippen molar-refractivity contribution in [3.8, 4) is 12.1 Å². The van der Waals surface area contributed by atoms with Crippen molar-refractivity contribution < 1.29 is 14.3 Å². The van der Waals surface area contributed by atoms with Gasteiger partial charge in [-0.25, -0.2) is 4.79 Å². The summed E-state index contributed by atoms with van der Waals surface area (Å²) in [6.07, 6.45) is 3.94. The van der Waals surface area contributed by atoms with Gasteiger partial charge in [-0.05, 0) is 37.3 Å². The van der Waals surface area contributed by atoms with Gasteiger partial charge in [0.15, 0.2) is 6.61 Å². The lowest BCUT2D eigenvalue weighted by atomic mass is 9.90. The molecule has 1 amide bonds. The largest absolute Gasteiger partial charge is 0.452 e. The van der Waals surface area contributed by atoms with Crippen molar-refractivity contribution in [3.05, 3.63) is 41.1 Å². The van der Waals surface area contributed by atoms with E-state index in [0.717, 1.165) is 47.8 Å². The average molecular weight is 390 g/mol. The van der Waals surface area contributed by atoms with Crippen molar-refractivity contribution in [2.75, 3.05) is 19.7 Å². The molecular weight excluding hydrogens is 368 g/mol. The van der Waals surface area contributed by atoms with Gasteiger partial charge in [0, 0.05) is 24.2 Å². The van der Waals surface area contributed by atoms with Crippen molar-refractivity contribution in [2.24, 2.45) is 0 Å². The molecule has 0 saturated heterocycles. The Hall–Kier alpha value is -3.45. The van der Waals surface area contributed by atoms with E-state index in [2.05, 4.69) is 0 Å². The fourth-order valence-corrected chi connectivity index (χ4v) is 3.63. The minimum atomic E-state index is -0.532. The van der Waals surface area contributed by atoms with Crippen molar-refractivity contribution in [1.82, 2.24) is 9.88 Å². The number of hydrogen-bond donors (Lipinski definition) is 0. The second-order valence-corrected chi connectivity index (χ2v) is 6.91. The van der Waals surface area contributed by atoms with Crippen molar-refractivity contribution in [2.45, 2.75) is 38.5 Å². The summed E-state index contributed by atoms with van der Waals surface area (Å²) in [7, 11) is 0. The number of para-hydroxylation sites is 1. The van der Waals surface area contributed by atoms with Crippen LogP contribution in [0.2, 0.25) is 0 Å². The number of benzene rings is 1. The molecule has 0 radical (unpaired) electrons. The number of hydrogen-bond acceptors (Lipinski definition) is 6. The van der Waals surface area contributed by atoms with E-state index in [4.69, 9.17) is 20.2 Å². The molecule has 1 heterocycles. The fraction of sp³-hybridized carbons (Fsp3) is 0.409. The molecule has 1 aliphatic carbocycles. The second kappa shape index (κ2) is 9.66. The fourth-order valence-electron chi connectivity index (χ4n) is 3.63. The van der Waals surface area contributed by atoms with Crippen molar-refractivity contribution >= 4 is 22.8 Å². The first kappa shape index (κ1) is 20.3. The van der Waals surface area contributed by atoms with Crippen LogP contribution < -0.4 is 0 Å². The SMILES string of the molecule is N#CCCN(CCC#N)C(=O)COC(=O)c1c2c(nc3ccccc13)CCCC2. The molecule has 0 N–H and O–H groups in total. The Balaban J connectivity index is 1.80. The number of nitriles is 2. The number of fused-ring (bicyclic) bond motifs is 2. The summed E-state index contributed by atoms with van der Waals surface area (Å²) in [6, 6.07) is 11.4. The minimum Gasteiger partial charge on any atom is -0.452 e. The molecule has 0 fully saturated rings. The van der Waals surface area contributed by atoms with Gasteiger partial charge in [0.1, 0.15) is 0 Å². The molecule has 0 saturated carbocycles. The van der Waals surface area contributed by atoms with Gasteiger partial charge >= 0.3 is 5.97 Å². The number of ether oxygens (including phenoxy) is 1. The maximum Gasteiger partial charge on any atom is 0.339 e. The Morgan fingerprint density at radius 1 is 1.07 bits per heavy atom. The minimum absolute atomic E-state index is 0.160. The van der Waals surface area contributed by atoms with Crippen LogP contribution in [0.5, 0.6) is 0 Å². The third kappa shape index (κ3) is 4.70. The molecule has 1 aliphatic rings. The van der Waals surface area contributed by atoms with Gasteiger partial charge in [0.2, 0.25) is 0 Å². The topological polar surface area (TPSA) is 107 Å². The first-order valence-electron chi connectivity index (χ1n) is 9.75. The average Bonchev–Trinajstić information content (AvgIpc) is 2.75. The van der Waals surface area contributed by atoms with Gasteiger partial charge in [-0.2, -0.15) is 10.5 Å². The number of esters is 1. The number of pyridine rings is 1. The van der Waals surface area contributed by atoms with Gasteiger partial charge in [-0.1, -0.05) is 18.2 Å². The summed E-state index contributed by atoms with van der Waals surface area (Å²) < 4.78 is 5.38. The number of nitrogens with zero attached hydrogens (tertiary/aromatic N) is 4. The standard InChI is InChI=1S/C22H22N4O3/c23-11-5-13-26(14-6-12-24)20(27)15-29-22(28)21-16-7-1-3-9-18(16)25-19-10-4-2-8-17(19)21/h1,3,7,9H,2,4-6,8,10,13-15H2. The van der Waals surface area contributed by atoms with Gasteiger partial charge in [-0.15, -0.1) is 0 Å². The summed E-state index contributed by atoms with van der Waals surface area (Å²) in [5, 5.41) is 18.2. The smallest absolute Gasteiger partial charge is 0.339 e. The number of amides is 1. The van der Waals surface area contributed by atoms with E-state index in [1.54, 1.807) is 0 Å². The molecule has 2 aromatic rings. The zero-order valence-corrected chi connectivity index (χ0v) is 16.2. The molecule has 148 valence electrons.